The SMILES string of the molecule is NC(=S)c1ccc(NCC2CCCC2)c(F)c1. The lowest BCUT2D eigenvalue weighted by Gasteiger charge is -2.13. The highest BCUT2D eigenvalue weighted by Gasteiger charge is 2.15. The van der Waals surface area contributed by atoms with Gasteiger partial charge < -0.3 is 11.1 Å². The van der Waals surface area contributed by atoms with Crippen LogP contribution >= 0.6 is 12.2 Å². The maximum absolute atomic E-state index is 13.7. The molecule has 0 radical (unpaired) electrons. The van der Waals surface area contributed by atoms with Gasteiger partial charge in [-0.25, -0.2) is 4.39 Å². The molecule has 0 heterocycles. The molecule has 17 heavy (non-hydrogen) atoms. The summed E-state index contributed by atoms with van der Waals surface area (Å²) in [6, 6.07) is 4.85. The second kappa shape index (κ2) is 5.45. The summed E-state index contributed by atoms with van der Waals surface area (Å²) in [6.07, 6.45) is 5.10. The number of hydrogen-bond donors (Lipinski definition) is 2. The van der Waals surface area contributed by atoms with Crippen molar-refractivity contribution in [3.8, 4) is 0 Å². The molecule has 2 nitrogen and oxygen atoms in total. The number of hydrogen-bond acceptors (Lipinski definition) is 2. The van der Waals surface area contributed by atoms with Gasteiger partial charge in [-0.2, -0.15) is 0 Å². The van der Waals surface area contributed by atoms with Crippen LogP contribution in [0.2, 0.25) is 0 Å². The molecule has 1 fully saturated rings. The lowest BCUT2D eigenvalue weighted by atomic mass is 10.1. The molecule has 4 heteroatoms. The second-order valence-corrected chi connectivity index (χ2v) is 5.03. The molecule has 2 rings (SSSR count). The zero-order valence-corrected chi connectivity index (χ0v) is 10.5. The van der Waals surface area contributed by atoms with Crippen LogP contribution in [0.1, 0.15) is 31.2 Å². The van der Waals surface area contributed by atoms with Crippen LogP contribution < -0.4 is 11.1 Å². The molecule has 0 atom stereocenters. The third-order valence-electron chi connectivity index (χ3n) is 3.31. The Labute approximate surface area is 106 Å². The summed E-state index contributed by atoms with van der Waals surface area (Å²) in [5, 5.41) is 3.16. The fourth-order valence-electron chi connectivity index (χ4n) is 2.28. The van der Waals surface area contributed by atoms with Gasteiger partial charge in [-0.1, -0.05) is 25.1 Å². The number of anilines is 1. The lowest BCUT2D eigenvalue weighted by molar-refractivity contribution is 0.574. The lowest BCUT2D eigenvalue weighted by Crippen LogP contribution is -2.13. The van der Waals surface area contributed by atoms with Gasteiger partial charge in [0.1, 0.15) is 10.8 Å². The Morgan fingerprint density at radius 3 is 2.71 bits per heavy atom. The first-order chi connectivity index (χ1) is 8.16. The Kier molecular flexibility index (Phi) is 3.94. The van der Waals surface area contributed by atoms with Crippen LogP contribution in [-0.2, 0) is 0 Å². The van der Waals surface area contributed by atoms with E-state index in [-0.39, 0.29) is 10.8 Å². The van der Waals surface area contributed by atoms with E-state index in [1.54, 1.807) is 12.1 Å². The van der Waals surface area contributed by atoms with Crippen LogP contribution in [0.15, 0.2) is 18.2 Å². The number of thiocarbonyl (C=S) groups is 1. The van der Waals surface area contributed by atoms with Gasteiger partial charge in [0.2, 0.25) is 0 Å². The van der Waals surface area contributed by atoms with Gasteiger partial charge in [-0.05, 0) is 37.0 Å². The van der Waals surface area contributed by atoms with Gasteiger partial charge in [-0.15, -0.1) is 0 Å². The minimum atomic E-state index is -0.284. The highest BCUT2D eigenvalue weighted by molar-refractivity contribution is 7.80. The minimum Gasteiger partial charge on any atom is -0.389 e. The molecule has 0 bridgehead atoms. The van der Waals surface area contributed by atoms with E-state index in [9.17, 15) is 4.39 Å². The molecular weight excluding hydrogens is 235 g/mol. The van der Waals surface area contributed by atoms with E-state index < -0.39 is 0 Å². The van der Waals surface area contributed by atoms with Crippen LogP contribution in [-0.4, -0.2) is 11.5 Å². The quantitative estimate of drug-likeness (QED) is 0.809. The molecule has 1 aliphatic rings. The number of nitrogens with two attached hydrogens (primary N) is 1. The Hall–Kier alpha value is -1.16. The maximum Gasteiger partial charge on any atom is 0.146 e. The first-order valence-electron chi connectivity index (χ1n) is 6.00. The summed E-state index contributed by atoms with van der Waals surface area (Å²) >= 11 is 4.81. The largest absolute Gasteiger partial charge is 0.389 e. The molecule has 0 unspecified atom stereocenters. The van der Waals surface area contributed by atoms with Gasteiger partial charge in [-0.3, -0.25) is 0 Å². The van der Waals surface area contributed by atoms with E-state index in [0.717, 1.165) is 6.54 Å². The Morgan fingerprint density at radius 1 is 1.41 bits per heavy atom. The van der Waals surface area contributed by atoms with Crippen molar-refractivity contribution in [1.29, 1.82) is 0 Å². The molecule has 3 N–H and O–H groups in total. The van der Waals surface area contributed by atoms with Gasteiger partial charge in [0.15, 0.2) is 0 Å². The molecule has 0 aromatic heterocycles. The molecule has 0 spiro atoms. The molecule has 92 valence electrons. The average molecular weight is 252 g/mol. The molecule has 0 aliphatic heterocycles. The summed E-state index contributed by atoms with van der Waals surface area (Å²) in [5.74, 6) is 0.401. The van der Waals surface area contributed by atoms with E-state index in [2.05, 4.69) is 5.32 Å². The van der Waals surface area contributed by atoms with E-state index in [4.69, 9.17) is 18.0 Å². The Balaban J connectivity index is 1.98. The first kappa shape index (κ1) is 12.3. The minimum absolute atomic E-state index is 0.228. The van der Waals surface area contributed by atoms with Crippen LogP contribution in [0.5, 0.6) is 0 Å². The number of nitrogens with one attached hydrogen (secondary N) is 1. The second-order valence-electron chi connectivity index (χ2n) is 4.59. The van der Waals surface area contributed by atoms with Crippen LogP contribution in [0.4, 0.5) is 10.1 Å². The predicted molar refractivity (Wildman–Crippen MR) is 72.7 cm³/mol. The molecular formula is C13H17FN2S. The van der Waals surface area contributed by atoms with Crippen molar-refractivity contribution in [2.75, 3.05) is 11.9 Å². The molecule has 1 aromatic rings. The topological polar surface area (TPSA) is 38.0 Å². The van der Waals surface area contributed by atoms with E-state index in [0.29, 0.717) is 17.2 Å². The molecule has 0 amide bonds. The van der Waals surface area contributed by atoms with Crippen molar-refractivity contribution in [2.24, 2.45) is 11.7 Å². The van der Waals surface area contributed by atoms with Crippen molar-refractivity contribution in [1.82, 2.24) is 0 Å². The third kappa shape index (κ3) is 3.16. The summed E-state index contributed by atoms with van der Waals surface area (Å²) in [4.78, 5) is 0.228. The van der Waals surface area contributed by atoms with E-state index in [1.807, 2.05) is 0 Å². The van der Waals surface area contributed by atoms with E-state index >= 15 is 0 Å². The molecule has 1 saturated carbocycles. The third-order valence-corrected chi connectivity index (χ3v) is 3.55. The van der Waals surface area contributed by atoms with Crippen molar-refractivity contribution < 1.29 is 4.39 Å². The van der Waals surface area contributed by atoms with Crippen LogP contribution in [0, 0.1) is 11.7 Å². The van der Waals surface area contributed by atoms with Crippen LogP contribution in [0.3, 0.4) is 0 Å². The summed E-state index contributed by atoms with van der Waals surface area (Å²) < 4.78 is 13.7. The van der Waals surface area contributed by atoms with Crippen molar-refractivity contribution in [2.45, 2.75) is 25.7 Å². The average Bonchev–Trinajstić information content (AvgIpc) is 2.80. The molecule has 1 aliphatic carbocycles. The number of rotatable bonds is 4. The summed E-state index contributed by atoms with van der Waals surface area (Å²) in [7, 11) is 0. The summed E-state index contributed by atoms with van der Waals surface area (Å²) in [6.45, 7) is 0.851. The zero-order valence-electron chi connectivity index (χ0n) is 9.71. The fraction of sp³-hybridized carbons (Fsp3) is 0.462. The standard InChI is InChI=1S/C13H17FN2S/c14-11-7-10(13(15)17)5-6-12(11)16-8-9-3-1-2-4-9/h5-7,9,16H,1-4,8H2,(H2,15,17). The number of benzene rings is 1. The smallest absolute Gasteiger partial charge is 0.146 e. The monoisotopic (exact) mass is 252 g/mol. The fourth-order valence-corrected chi connectivity index (χ4v) is 2.41. The molecule has 1 aromatic carbocycles. The summed E-state index contributed by atoms with van der Waals surface area (Å²) in [5.41, 5.74) is 6.56. The normalized spacial score (nSPS) is 16.1. The first-order valence-corrected chi connectivity index (χ1v) is 6.41. The Bertz CT molecular complexity index is 414. The highest BCUT2D eigenvalue weighted by atomic mass is 32.1. The van der Waals surface area contributed by atoms with Gasteiger partial charge in [0.25, 0.3) is 0 Å². The van der Waals surface area contributed by atoms with Crippen molar-refractivity contribution in [3.05, 3.63) is 29.6 Å². The Morgan fingerprint density at radius 2 is 2.12 bits per heavy atom. The van der Waals surface area contributed by atoms with Crippen molar-refractivity contribution in [3.63, 3.8) is 0 Å². The van der Waals surface area contributed by atoms with Crippen molar-refractivity contribution >= 4 is 22.9 Å². The molecule has 0 saturated heterocycles. The van der Waals surface area contributed by atoms with Gasteiger partial charge in [0.05, 0.1) is 5.69 Å². The van der Waals surface area contributed by atoms with E-state index in [1.165, 1.54) is 31.7 Å². The zero-order chi connectivity index (χ0) is 12.3. The number of halogens is 1. The van der Waals surface area contributed by atoms with Gasteiger partial charge >= 0.3 is 0 Å². The maximum atomic E-state index is 13.7. The highest BCUT2D eigenvalue weighted by Crippen LogP contribution is 2.25. The predicted octanol–water partition coefficient (Wildman–Crippen LogP) is 3.06. The van der Waals surface area contributed by atoms with Crippen LogP contribution in [0.25, 0.3) is 0 Å². The van der Waals surface area contributed by atoms with Gasteiger partial charge in [0, 0.05) is 12.1 Å².